The fourth-order valence-corrected chi connectivity index (χ4v) is 3.36. The number of alkyl halides is 2. The highest BCUT2D eigenvalue weighted by molar-refractivity contribution is 7.92. The van der Waals surface area contributed by atoms with Crippen LogP contribution in [-0.2, 0) is 17.1 Å². The molecule has 2 aromatic carbocycles. The van der Waals surface area contributed by atoms with Gasteiger partial charge in [0, 0.05) is 36.1 Å². The molecular formula is C20H16F4N2O5S. The zero-order valence-electron chi connectivity index (χ0n) is 16.6. The number of rotatable bonds is 7. The van der Waals surface area contributed by atoms with Crippen molar-refractivity contribution >= 4 is 15.7 Å². The van der Waals surface area contributed by atoms with E-state index in [0.29, 0.717) is 6.07 Å². The molecule has 0 amide bonds. The number of halogens is 4. The molecule has 3 aromatic rings. The number of anilines is 1. The molecule has 1 aromatic heterocycles. The van der Waals surface area contributed by atoms with Gasteiger partial charge in [0.25, 0.3) is 5.56 Å². The Balaban J connectivity index is 2.17. The van der Waals surface area contributed by atoms with Gasteiger partial charge in [-0.2, -0.15) is 8.78 Å². The van der Waals surface area contributed by atoms with Crippen LogP contribution in [0.1, 0.15) is 0 Å². The van der Waals surface area contributed by atoms with Gasteiger partial charge in [-0.05, 0) is 36.4 Å². The van der Waals surface area contributed by atoms with Gasteiger partial charge < -0.3 is 14.0 Å². The summed E-state index contributed by atoms with van der Waals surface area (Å²) in [5, 5.41) is 0. The first-order valence-electron chi connectivity index (χ1n) is 8.83. The quantitative estimate of drug-likeness (QED) is 0.524. The lowest BCUT2D eigenvalue weighted by Gasteiger charge is -2.16. The van der Waals surface area contributed by atoms with Crippen LogP contribution in [-0.4, -0.2) is 25.9 Å². The number of hydrogen-bond donors (Lipinski definition) is 1. The Morgan fingerprint density at radius 2 is 1.69 bits per heavy atom. The molecule has 0 aliphatic heterocycles. The van der Waals surface area contributed by atoms with Crippen LogP contribution in [0.2, 0.25) is 0 Å². The number of hydrogen-bond acceptors (Lipinski definition) is 5. The van der Waals surface area contributed by atoms with Gasteiger partial charge in [-0.25, -0.2) is 17.2 Å². The number of pyridine rings is 1. The summed E-state index contributed by atoms with van der Waals surface area (Å²) in [6.45, 7) is -3.26. The highest BCUT2D eigenvalue weighted by Crippen LogP contribution is 2.37. The Hall–Kier alpha value is -3.54. The summed E-state index contributed by atoms with van der Waals surface area (Å²) in [7, 11) is -2.38. The fraction of sp³-hybridized carbons (Fsp3) is 0.150. The summed E-state index contributed by atoms with van der Waals surface area (Å²) in [5.41, 5.74) is -0.527. The molecule has 0 unspecified atom stereocenters. The van der Waals surface area contributed by atoms with E-state index in [-0.39, 0.29) is 28.3 Å². The zero-order valence-corrected chi connectivity index (χ0v) is 17.4. The minimum Gasteiger partial charge on any atom is -0.454 e. The maximum absolute atomic E-state index is 14.1. The average molecular weight is 472 g/mol. The van der Waals surface area contributed by atoms with E-state index in [9.17, 15) is 30.8 Å². The molecule has 12 heteroatoms. The third-order valence-corrected chi connectivity index (χ3v) is 4.68. The molecule has 1 N–H and O–H groups in total. The number of aromatic nitrogens is 1. The van der Waals surface area contributed by atoms with Crippen molar-refractivity contribution in [1.29, 1.82) is 0 Å². The monoisotopic (exact) mass is 472 g/mol. The normalized spacial score (nSPS) is 11.5. The number of ether oxygens (including phenoxy) is 2. The molecule has 170 valence electrons. The molecule has 7 nitrogen and oxygen atoms in total. The first kappa shape index (κ1) is 23.1. The summed E-state index contributed by atoms with van der Waals surface area (Å²) >= 11 is 0. The molecule has 0 atom stereocenters. The molecule has 0 bridgehead atoms. The van der Waals surface area contributed by atoms with E-state index in [1.165, 1.54) is 31.4 Å². The van der Waals surface area contributed by atoms with E-state index in [1.807, 2.05) is 0 Å². The standard InChI is InChI=1S/C20H16F4N2O5S/c1-26-10-11(7-18(19(26)27)31-20(23)24)14-9-13(25-32(2,28)29)4-6-16(14)30-17-5-3-12(21)8-15(17)22/h3-10,20,25H,1-2H3. The molecule has 0 fully saturated rings. The van der Waals surface area contributed by atoms with Crippen molar-refractivity contribution < 1.29 is 35.5 Å². The van der Waals surface area contributed by atoms with Gasteiger partial charge >= 0.3 is 6.61 Å². The van der Waals surface area contributed by atoms with Crippen LogP contribution >= 0.6 is 0 Å². The van der Waals surface area contributed by atoms with Crippen LogP contribution in [0.4, 0.5) is 23.2 Å². The molecule has 3 rings (SSSR count). The molecular weight excluding hydrogens is 456 g/mol. The van der Waals surface area contributed by atoms with Crippen molar-refractivity contribution in [3.05, 3.63) is 70.6 Å². The lowest BCUT2D eigenvalue weighted by atomic mass is 10.1. The maximum Gasteiger partial charge on any atom is 0.387 e. The Labute approximate surface area is 179 Å². The first-order valence-corrected chi connectivity index (χ1v) is 10.7. The minimum atomic E-state index is -3.67. The number of sulfonamides is 1. The summed E-state index contributed by atoms with van der Waals surface area (Å²) in [6.07, 6.45) is 2.19. The van der Waals surface area contributed by atoms with Crippen molar-refractivity contribution in [1.82, 2.24) is 4.57 Å². The number of nitrogens with one attached hydrogen (secondary N) is 1. The Bertz CT molecular complexity index is 1330. The van der Waals surface area contributed by atoms with Crippen molar-refractivity contribution in [2.24, 2.45) is 7.05 Å². The lowest BCUT2D eigenvalue weighted by Crippen LogP contribution is -2.20. The number of benzene rings is 2. The van der Waals surface area contributed by atoms with E-state index in [4.69, 9.17) is 4.74 Å². The second-order valence-corrected chi connectivity index (χ2v) is 8.40. The average Bonchev–Trinajstić information content (AvgIpc) is 2.67. The van der Waals surface area contributed by atoms with E-state index in [0.717, 1.165) is 29.0 Å². The first-order chi connectivity index (χ1) is 14.9. The molecule has 0 aliphatic carbocycles. The van der Waals surface area contributed by atoms with Crippen LogP contribution in [0.3, 0.4) is 0 Å². The van der Waals surface area contributed by atoms with Crippen molar-refractivity contribution in [3.8, 4) is 28.4 Å². The van der Waals surface area contributed by atoms with E-state index >= 15 is 0 Å². The predicted molar refractivity (Wildman–Crippen MR) is 109 cm³/mol. The van der Waals surface area contributed by atoms with Crippen LogP contribution in [0.25, 0.3) is 11.1 Å². The lowest BCUT2D eigenvalue weighted by molar-refractivity contribution is -0.0510. The van der Waals surface area contributed by atoms with Crippen LogP contribution in [0.5, 0.6) is 17.2 Å². The molecule has 0 spiro atoms. The van der Waals surface area contributed by atoms with Crippen molar-refractivity contribution in [2.75, 3.05) is 11.0 Å². The predicted octanol–water partition coefficient (Wildman–Crippen LogP) is 4.10. The van der Waals surface area contributed by atoms with E-state index in [1.54, 1.807) is 0 Å². The maximum atomic E-state index is 14.1. The van der Waals surface area contributed by atoms with Gasteiger partial charge in [-0.3, -0.25) is 9.52 Å². The van der Waals surface area contributed by atoms with Crippen LogP contribution in [0, 0.1) is 11.6 Å². The van der Waals surface area contributed by atoms with Gasteiger partial charge in [0.15, 0.2) is 17.3 Å². The third-order valence-electron chi connectivity index (χ3n) is 4.07. The Morgan fingerprint density at radius 1 is 1.00 bits per heavy atom. The highest BCUT2D eigenvalue weighted by Gasteiger charge is 2.17. The van der Waals surface area contributed by atoms with E-state index < -0.39 is 39.6 Å². The Kier molecular flexibility index (Phi) is 6.44. The molecule has 1 heterocycles. The van der Waals surface area contributed by atoms with Gasteiger partial charge in [-0.1, -0.05) is 0 Å². The largest absolute Gasteiger partial charge is 0.454 e. The smallest absolute Gasteiger partial charge is 0.387 e. The molecule has 0 saturated carbocycles. The van der Waals surface area contributed by atoms with Crippen LogP contribution < -0.4 is 19.8 Å². The summed E-state index contributed by atoms with van der Waals surface area (Å²) < 4.78 is 88.9. The molecule has 0 aliphatic rings. The minimum absolute atomic E-state index is 0.0313. The van der Waals surface area contributed by atoms with Crippen molar-refractivity contribution in [3.63, 3.8) is 0 Å². The zero-order chi connectivity index (χ0) is 23.6. The Morgan fingerprint density at radius 3 is 2.31 bits per heavy atom. The molecule has 32 heavy (non-hydrogen) atoms. The summed E-state index contributed by atoms with van der Waals surface area (Å²) in [6, 6.07) is 7.55. The summed E-state index contributed by atoms with van der Waals surface area (Å²) in [5.74, 6) is -2.87. The second kappa shape index (κ2) is 8.91. The molecule has 0 radical (unpaired) electrons. The fourth-order valence-electron chi connectivity index (χ4n) is 2.81. The number of nitrogens with zero attached hydrogens (tertiary/aromatic N) is 1. The van der Waals surface area contributed by atoms with Crippen molar-refractivity contribution in [2.45, 2.75) is 6.61 Å². The van der Waals surface area contributed by atoms with Gasteiger partial charge in [0.1, 0.15) is 11.6 Å². The topological polar surface area (TPSA) is 86.6 Å². The highest BCUT2D eigenvalue weighted by atomic mass is 32.2. The SMILES string of the molecule is Cn1cc(-c2cc(NS(C)(=O)=O)ccc2Oc2ccc(F)cc2F)cc(OC(F)F)c1=O. The second-order valence-electron chi connectivity index (χ2n) is 6.65. The summed E-state index contributed by atoms with van der Waals surface area (Å²) in [4.78, 5) is 12.1. The van der Waals surface area contributed by atoms with Gasteiger partial charge in [0.05, 0.1) is 6.26 Å². The molecule has 0 saturated heterocycles. The van der Waals surface area contributed by atoms with Gasteiger partial charge in [0.2, 0.25) is 10.0 Å². The third kappa shape index (κ3) is 5.58. The van der Waals surface area contributed by atoms with Crippen LogP contribution in [0.15, 0.2) is 53.5 Å². The number of aryl methyl sites for hydroxylation is 1. The van der Waals surface area contributed by atoms with E-state index in [2.05, 4.69) is 9.46 Å². The van der Waals surface area contributed by atoms with Gasteiger partial charge in [-0.15, -0.1) is 0 Å².